The maximum Gasteiger partial charge on any atom is 0.284 e. The van der Waals surface area contributed by atoms with E-state index in [1.54, 1.807) is 6.07 Å². The molecule has 0 aliphatic carbocycles. The van der Waals surface area contributed by atoms with Crippen molar-refractivity contribution in [3.05, 3.63) is 22.4 Å². The van der Waals surface area contributed by atoms with Gasteiger partial charge in [0, 0.05) is 6.54 Å². The summed E-state index contributed by atoms with van der Waals surface area (Å²) in [5.41, 5.74) is 7.44. The number of carbonyl (C=O) groups is 1. The molecule has 0 bridgehead atoms. The van der Waals surface area contributed by atoms with Crippen molar-refractivity contribution in [3.63, 3.8) is 0 Å². The second kappa shape index (κ2) is 4.87. The molecule has 0 aliphatic heterocycles. The lowest BCUT2D eigenvalue weighted by atomic mass is 10.5. The van der Waals surface area contributed by atoms with Gasteiger partial charge in [0.15, 0.2) is 0 Å². The van der Waals surface area contributed by atoms with Gasteiger partial charge in [-0.3, -0.25) is 9.63 Å². The fourth-order valence-corrected chi connectivity index (χ4v) is 1.24. The Balaban J connectivity index is 2.30. The summed E-state index contributed by atoms with van der Waals surface area (Å²) in [5.74, 6) is -0.224. The van der Waals surface area contributed by atoms with Crippen LogP contribution in [0.1, 0.15) is 9.67 Å². The highest BCUT2D eigenvalue weighted by Crippen LogP contribution is 2.07. The maximum absolute atomic E-state index is 11.1. The van der Waals surface area contributed by atoms with Gasteiger partial charge in [0.25, 0.3) is 5.91 Å². The number of thiophene rings is 1. The standard InChI is InChI=1S/C7H10N2O2S/c8-3-4-11-9-7(10)6-2-1-5-12-6/h1-2,5H,3-4,8H2,(H,9,10). The van der Waals surface area contributed by atoms with Gasteiger partial charge in [-0.25, -0.2) is 5.48 Å². The number of amides is 1. The Morgan fingerprint density at radius 1 is 1.75 bits per heavy atom. The summed E-state index contributed by atoms with van der Waals surface area (Å²) in [6, 6.07) is 3.54. The zero-order chi connectivity index (χ0) is 8.81. The highest BCUT2D eigenvalue weighted by Gasteiger charge is 2.04. The van der Waals surface area contributed by atoms with Gasteiger partial charge >= 0.3 is 0 Å². The van der Waals surface area contributed by atoms with Crippen LogP contribution in [0.3, 0.4) is 0 Å². The van der Waals surface area contributed by atoms with E-state index < -0.39 is 0 Å². The van der Waals surface area contributed by atoms with Crippen LogP contribution in [0, 0.1) is 0 Å². The van der Waals surface area contributed by atoms with Gasteiger partial charge in [0.1, 0.15) is 0 Å². The van der Waals surface area contributed by atoms with Crippen LogP contribution in [0.2, 0.25) is 0 Å². The number of nitrogens with two attached hydrogens (primary N) is 1. The lowest BCUT2D eigenvalue weighted by molar-refractivity contribution is 0.0347. The molecule has 0 aliphatic rings. The first-order valence-corrected chi connectivity index (χ1v) is 4.38. The number of hydrogen-bond acceptors (Lipinski definition) is 4. The van der Waals surface area contributed by atoms with E-state index in [0.717, 1.165) is 0 Å². The summed E-state index contributed by atoms with van der Waals surface area (Å²) in [4.78, 5) is 16.5. The Labute approximate surface area is 74.3 Å². The quantitative estimate of drug-likeness (QED) is 0.527. The van der Waals surface area contributed by atoms with E-state index in [2.05, 4.69) is 5.48 Å². The minimum Gasteiger partial charge on any atom is -0.328 e. The van der Waals surface area contributed by atoms with Crippen LogP contribution < -0.4 is 11.2 Å². The van der Waals surface area contributed by atoms with Crippen LogP contribution in [0.25, 0.3) is 0 Å². The van der Waals surface area contributed by atoms with Crippen molar-refractivity contribution in [1.82, 2.24) is 5.48 Å². The minimum absolute atomic E-state index is 0.224. The van der Waals surface area contributed by atoms with Crippen LogP contribution in [0.15, 0.2) is 17.5 Å². The molecule has 0 spiro atoms. The van der Waals surface area contributed by atoms with E-state index in [1.807, 2.05) is 11.4 Å². The molecule has 1 aromatic rings. The van der Waals surface area contributed by atoms with Crippen molar-refractivity contribution < 1.29 is 9.63 Å². The third kappa shape index (κ3) is 2.61. The van der Waals surface area contributed by atoms with Gasteiger partial charge in [-0.2, -0.15) is 0 Å². The lowest BCUT2D eigenvalue weighted by Gasteiger charge is -2.01. The SMILES string of the molecule is NCCONC(=O)c1cccs1. The highest BCUT2D eigenvalue weighted by molar-refractivity contribution is 7.12. The Bertz CT molecular complexity index is 236. The molecular formula is C7H10N2O2S. The van der Waals surface area contributed by atoms with E-state index >= 15 is 0 Å². The first-order chi connectivity index (χ1) is 5.84. The molecule has 1 rings (SSSR count). The number of rotatable bonds is 4. The number of hydroxylamine groups is 1. The lowest BCUT2D eigenvalue weighted by Crippen LogP contribution is -2.25. The molecule has 4 nitrogen and oxygen atoms in total. The molecule has 0 radical (unpaired) electrons. The largest absolute Gasteiger partial charge is 0.328 e. The normalized spacial score (nSPS) is 9.75. The number of hydrogen-bond donors (Lipinski definition) is 2. The van der Waals surface area contributed by atoms with Crippen LogP contribution in [-0.4, -0.2) is 19.1 Å². The number of nitrogens with one attached hydrogen (secondary N) is 1. The van der Waals surface area contributed by atoms with Crippen LogP contribution >= 0.6 is 11.3 Å². The molecule has 12 heavy (non-hydrogen) atoms. The summed E-state index contributed by atoms with van der Waals surface area (Å²) in [5, 5.41) is 1.83. The molecule has 66 valence electrons. The van der Waals surface area contributed by atoms with Crippen molar-refractivity contribution in [2.24, 2.45) is 5.73 Å². The first-order valence-electron chi connectivity index (χ1n) is 3.50. The smallest absolute Gasteiger partial charge is 0.284 e. The molecule has 1 amide bonds. The monoisotopic (exact) mass is 186 g/mol. The molecule has 5 heteroatoms. The molecule has 0 saturated heterocycles. The average molecular weight is 186 g/mol. The van der Waals surface area contributed by atoms with Crippen LogP contribution in [-0.2, 0) is 4.84 Å². The van der Waals surface area contributed by atoms with E-state index in [1.165, 1.54) is 11.3 Å². The minimum atomic E-state index is -0.224. The van der Waals surface area contributed by atoms with Crippen molar-refractivity contribution in [1.29, 1.82) is 0 Å². The van der Waals surface area contributed by atoms with E-state index in [4.69, 9.17) is 10.6 Å². The van der Waals surface area contributed by atoms with E-state index in [9.17, 15) is 4.79 Å². The molecule has 0 atom stereocenters. The first kappa shape index (κ1) is 9.18. The van der Waals surface area contributed by atoms with Crippen molar-refractivity contribution in [2.45, 2.75) is 0 Å². The summed E-state index contributed by atoms with van der Waals surface area (Å²) in [6.45, 7) is 0.724. The van der Waals surface area contributed by atoms with Gasteiger partial charge in [-0.05, 0) is 11.4 Å². The fourth-order valence-electron chi connectivity index (χ4n) is 0.634. The summed E-state index contributed by atoms with van der Waals surface area (Å²) >= 11 is 1.37. The van der Waals surface area contributed by atoms with Crippen LogP contribution in [0.4, 0.5) is 0 Å². The molecule has 0 unspecified atom stereocenters. The third-order valence-corrected chi connectivity index (χ3v) is 2.00. The van der Waals surface area contributed by atoms with Gasteiger partial charge in [-0.15, -0.1) is 11.3 Å². The molecule has 0 aromatic carbocycles. The Morgan fingerprint density at radius 3 is 3.17 bits per heavy atom. The van der Waals surface area contributed by atoms with Crippen LogP contribution in [0.5, 0.6) is 0 Å². The molecule has 0 fully saturated rings. The van der Waals surface area contributed by atoms with Gasteiger partial charge in [0.2, 0.25) is 0 Å². The van der Waals surface area contributed by atoms with Crippen molar-refractivity contribution in [2.75, 3.05) is 13.2 Å². The van der Waals surface area contributed by atoms with Crippen molar-refractivity contribution >= 4 is 17.2 Å². The zero-order valence-electron chi connectivity index (χ0n) is 6.45. The number of carbonyl (C=O) groups excluding carboxylic acids is 1. The Kier molecular flexibility index (Phi) is 3.72. The molecule has 3 N–H and O–H groups in total. The predicted octanol–water partition coefficient (Wildman–Crippen LogP) is 0.368. The Morgan fingerprint density at radius 2 is 2.58 bits per heavy atom. The highest BCUT2D eigenvalue weighted by atomic mass is 32.1. The predicted molar refractivity (Wildman–Crippen MR) is 46.8 cm³/mol. The van der Waals surface area contributed by atoms with Gasteiger partial charge in [-0.1, -0.05) is 6.07 Å². The summed E-state index contributed by atoms with van der Waals surface area (Å²) in [6.07, 6.45) is 0. The molecular weight excluding hydrogens is 176 g/mol. The Hall–Kier alpha value is -0.910. The summed E-state index contributed by atoms with van der Waals surface area (Å²) in [7, 11) is 0. The fraction of sp³-hybridized carbons (Fsp3) is 0.286. The topological polar surface area (TPSA) is 64.3 Å². The van der Waals surface area contributed by atoms with Crippen molar-refractivity contribution in [3.8, 4) is 0 Å². The van der Waals surface area contributed by atoms with Gasteiger partial charge < -0.3 is 5.73 Å². The molecule has 1 heterocycles. The van der Waals surface area contributed by atoms with E-state index in [-0.39, 0.29) is 5.91 Å². The van der Waals surface area contributed by atoms with E-state index in [0.29, 0.717) is 18.0 Å². The average Bonchev–Trinajstić information content (AvgIpc) is 2.56. The zero-order valence-corrected chi connectivity index (χ0v) is 7.26. The second-order valence-electron chi connectivity index (χ2n) is 2.05. The maximum atomic E-state index is 11.1. The molecule has 0 saturated carbocycles. The van der Waals surface area contributed by atoms with Gasteiger partial charge in [0.05, 0.1) is 11.5 Å². The second-order valence-corrected chi connectivity index (χ2v) is 2.99. The summed E-state index contributed by atoms with van der Waals surface area (Å²) < 4.78 is 0. The molecule has 1 aromatic heterocycles. The third-order valence-electron chi connectivity index (χ3n) is 1.13.